The molecule has 0 spiro atoms. The van der Waals surface area contributed by atoms with E-state index >= 15 is 0 Å². The third-order valence-corrected chi connectivity index (χ3v) is 0.972. The first-order chi connectivity index (χ1) is 2.27. The number of halogens is 3. The van der Waals surface area contributed by atoms with Crippen LogP contribution in [0.3, 0.4) is 0 Å². The molecule has 8 heavy (non-hydrogen) atoms. The van der Waals surface area contributed by atoms with Crippen molar-refractivity contribution < 1.29 is 24.1 Å². The topological polar surface area (TPSA) is 9.23 Å². The standard InChI is InChI=1S/C3H7O.3BrH.Ti/c1-3(2)4;;;;/h3H,1-2H3;3*1H;/q-1;;;;+1. The van der Waals surface area contributed by atoms with Crippen LogP contribution in [0.25, 0.3) is 0 Å². The summed E-state index contributed by atoms with van der Waals surface area (Å²) in [6.07, 6.45) is 0.384. The fraction of sp³-hybridized carbons (Fsp3) is 1.00. The molecule has 5 heteroatoms. The quantitative estimate of drug-likeness (QED) is 0.661. The fourth-order valence-electron chi connectivity index (χ4n) is 0. The molecule has 0 aromatic rings. The van der Waals surface area contributed by atoms with Crippen LogP contribution in [-0.2, 0) is 24.1 Å². The Morgan fingerprint density at radius 2 is 1.25 bits per heavy atom. The van der Waals surface area contributed by atoms with Crippen molar-refractivity contribution in [3.63, 3.8) is 0 Å². The van der Waals surface area contributed by atoms with E-state index in [1.165, 1.54) is 0 Å². The first kappa shape index (κ1) is 22.5. The Balaban J connectivity index is -0.0000000267. The van der Waals surface area contributed by atoms with Gasteiger partial charge in [-0.25, -0.2) is 0 Å². The van der Waals surface area contributed by atoms with E-state index in [2.05, 4.69) is 0 Å². The molecule has 1 nitrogen and oxygen atoms in total. The predicted octanol–water partition coefficient (Wildman–Crippen LogP) is 2.61. The van der Waals surface area contributed by atoms with E-state index in [0.717, 1.165) is 0 Å². The molecule has 0 aliphatic rings. The average Bonchev–Trinajstić information content (AvgIpc) is 1.38. The Labute approximate surface area is 94.1 Å². The van der Waals surface area contributed by atoms with Gasteiger partial charge in [-0.2, -0.15) is 0 Å². The van der Waals surface area contributed by atoms with Crippen molar-refractivity contribution in [3.05, 3.63) is 0 Å². The Morgan fingerprint density at radius 1 is 1.12 bits per heavy atom. The van der Waals surface area contributed by atoms with E-state index in [1.807, 2.05) is 13.8 Å². The normalized spacial score (nSPS) is 5.75. The summed E-state index contributed by atoms with van der Waals surface area (Å²) in [6, 6.07) is 0. The zero-order valence-electron chi connectivity index (χ0n) is 4.71. The molecule has 0 aromatic heterocycles. The second kappa shape index (κ2) is 16.1. The van der Waals surface area contributed by atoms with Crippen molar-refractivity contribution in [1.82, 2.24) is 0 Å². The van der Waals surface area contributed by atoms with Crippen molar-refractivity contribution in [2.24, 2.45) is 0 Å². The molecule has 0 fully saturated rings. The van der Waals surface area contributed by atoms with Crippen molar-refractivity contribution >= 4 is 50.9 Å². The van der Waals surface area contributed by atoms with Gasteiger partial charge in [-0.1, -0.05) is 0 Å². The van der Waals surface area contributed by atoms with Gasteiger partial charge in [0.25, 0.3) is 0 Å². The van der Waals surface area contributed by atoms with Crippen molar-refractivity contribution in [3.8, 4) is 0 Å². The van der Waals surface area contributed by atoms with Gasteiger partial charge in [0, 0.05) is 0 Å². The van der Waals surface area contributed by atoms with E-state index in [0.29, 0.717) is 6.10 Å². The zero-order chi connectivity index (χ0) is 4.28. The maximum atomic E-state index is 4.75. The molecule has 0 aliphatic heterocycles. The van der Waals surface area contributed by atoms with E-state index in [4.69, 9.17) is 3.32 Å². The first-order valence-corrected chi connectivity index (χ1v) is 2.23. The molecule has 0 amide bonds. The molecule has 0 atom stereocenters. The molecule has 53 valence electrons. The van der Waals surface area contributed by atoms with Gasteiger partial charge in [-0.3, -0.25) is 0 Å². The van der Waals surface area contributed by atoms with Crippen LogP contribution >= 0.6 is 50.9 Å². The summed E-state index contributed by atoms with van der Waals surface area (Å²) >= 11 is 1.70. The van der Waals surface area contributed by atoms with Gasteiger partial charge in [-0.05, 0) is 0 Å². The third kappa shape index (κ3) is 24.3. The van der Waals surface area contributed by atoms with Gasteiger partial charge in [0.2, 0.25) is 0 Å². The minimum atomic E-state index is 0. The van der Waals surface area contributed by atoms with Crippen LogP contribution in [0.4, 0.5) is 0 Å². The molecule has 0 unspecified atom stereocenters. The van der Waals surface area contributed by atoms with E-state index in [-0.39, 0.29) is 50.9 Å². The second-order valence-corrected chi connectivity index (χ2v) is 1.53. The number of hydrogen-bond donors (Lipinski definition) is 0. The Kier molecular flexibility index (Phi) is 45.1. The fourth-order valence-corrected chi connectivity index (χ4v) is 0. The van der Waals surface area contributed by atoms with Crippen LogP contribution in [0.5, 0.6) is 0 Å². The van der Waals surface area contributed by atoms with Gasteiger partial charge >= 0.3 is 44.1 Å². The molecule has 0 aromatic carbocycles. The third-order valence-electron chi connectivity index (χ3n) is 0.236. The van der Waals surface area contributed by atoms with Crippen molar-refractivity contribution in [2.75, 3.05) is 0 Å². The van der Waals surface area contributed by atoms with Gasteiger partial charge < -0.3 is 0 Å². The van der Waals surface area contributed by atoms with Crippen LogP contribution in [0.15, 0.2) is 0 Å². The average molecular weight is 350 g/mol. The summed E-state index contributed by atoms with van der Waals surface area (Å²) in [5.41, 5.74) is 0. The van der Waals surface area contributed by atoms with Gasteiger partial charge in [-0.15, -0.1) is 50.9 Å². The molecule has 0 radical (unpaired) electrons. The van der Waals surface area contributed by atoms with Crippen LogP contribution in [-0.4, -0.2) is 6.10 Å². The summed E-state index contributed by atoms with van der Waals surface area (Å²) in [6.45, 7) is 4.00. The van der Waals surface area contributed by atoms with Crippen molar-refractivity contribution in [2.45, 2.75) is 20.0 Å². The molecule has 0 rings (SSSR count). The first-order valence-electron chi connectivity index (χ1n) is 1.59. The monoisotopic (exact) mass is 347 g/mol. The van der Waals surface area contributed by atoms with Gasteiger partial charge in [0.15, 0.2) is 0 Å². The van der Waals surface area contributed by atoms with E-state index in [1.54, 1.807) is 20.8 Å². The van der Waals surface area contributed by atoms with Gasteiger partial charge in [0.05, 0.1) is 0 Å². The summed E-state index contributed by atoms with van der Waals surface area (Å²) < 4.78 is 4.75. The zero-order valence-corrected chi connectivity index (χ0v) is 11.4. The molecule has 0 aliphatic carbocycles. The molecular weight excluding hydrogens is 340 g/mol. The van der Waals surface area contributed by atoms with Crippen LogP contribution < -0.4 is 0 Å². The SMILES string of the molecule is Br.Br.Br.CC(C)[O][Ti]. The Bertz CT molecular complexity index is 28.5. The van der Waals surface area contributed by atoms with Crippen LogP contribution in [0.1, 0.15) is 13.8 Å². The molecule has 0 saturated carbocycles. The number of rotatable bonds is 1. The van der Waals surface area contributed by atoms with E-state index in [9.17, 15) is 0 Å². The molecule has 0 bridgehead atoms. The van der Waals surface area contributed by atoms with Crippen LogP contribution in [0, 0.1) is 0 Å². The Hall–Kier alpha value is 2.11. The van der Waals surface area contributed by atoms with Gasteiger partial charge in [0.1, 0.15) is 0 Å². The predicted molar refractivity (Wildman–Crippen MR) is 47.2 cm³/mol. The summed E-state index contributed by atoms with van der Waals surface area (Å²) in [4.78, 5) is 0. The minimum absolute atomic E-state index is 0. The summed E-state index contributed by atoms with van der Waals surface area (Å²) in [7, 11) is 0. The number of hydrogen-bond acceptors (Lipinski definition) is 1. The van der Waals surface area contributed by atoms with Crippen LogP contribution in [0.2, 0.25) is 0 Å². The summed E-state index contributed by atoms with van der Waals surface area (Å²) in [5.74, 6) is 0. The second-order valence-electron chi connectivity index (χ2n) is 1.17. The molecule has 0 N–H and O–H groups in total. The Morgan fingerprint density at radius 3 is 1.25 bits per heavy atom. The maximum absolute atomic E-state index is 4.75. The van der Waals surface area contributed by atoms with E-state index < -0.39 is 0 Å². The molecule has 0 saturated heterocycles. The summed E-state index contributed by atoms with van der Waals surface area (Å²) in [5, 5.41) is 0. The molecule has 0 heterocycles. The molecular formula is C3H10Br3OTi. The van der Waals surface area contributed by atoms with Crippen molar-refractivity contribution in [1.29, 1.82) is 0 Å².